The minimum Gasteiger partial charge on any atom is -0.299 e. The molecule has 0 aromatic carbocycles. The number of hydrogen-bond acceptors (Lipinski definition) is 3. The van der Waals surface area contributed by atoms with E-state index >= 15 is 0 Å². The van der Waals surface area contributed by atoms with Gasteiger partial charge in [-0.05, 0) is 20.9 Å². The largest absolute Gasteiger partial charge is 0.299 e. The van der Waals surface area contributed by atoms with E-state index in [0.717, 1.165) is 31.9 Å². The molecule has 0 unspecified atom stereocenters. The van der Waals surface area contributed by atoms with Crippen LogP contribution in [0, 0.1) is 0 Å². The molecule has 0 spiro atoms. The predicted octanol–water partition coefficient (Wildman–Crippen LogP) is 1.50. The van der Waals surface area contributed by atoms with E-state index < -0.39 is 0 Å². The first-order chi connectivity index (χ1) is 6.45. The lowest BCUT2D eigenvalue weighted by atomic mass is 9.99. The molecule has 0 atom stereocenters. The fourth-order valence-corrected chi connectivity index (χ4v) is 1.94. The molecule has 3 heteroatoms. The van der Waals surface area contributed by atoms with Crippen molar-refractivity contribution in [2.24, 2.45) is 0 Å². The Balaban J connectivity index is 2.47. The topological polar surface area (TPSA) is 6.48 Å². The first kappa shape index (κ1) is 12.1. The van der Waals surface area contributed by atoms with Crippen molar-refractivity contribution in [3.05, 3.63) is 12.2 Å². The van der Waals surface area contributed by atoms with Crippen molar-refractivity contribution in [2.75, 3.05) is 39.0 Å². The fourth-order valence-electron chi connectivity index (χ4n) is 1.84. The smallest absolute Gasteiger partial charge is 0.0277 e. The summed E-state index contributed by atoms with van der Waals surface area (Å²) in [5.41, 5.74) is 1.50. The zero-order chi connectivity index (χ0) is 10.8. The Morgan fingerprint density at radius 1 is 1.43 bits per heavy atom. The van der Waals surface area contributed by atoms with Crippen molar-refractivity contribution < 1.29 is 0 Å². The van der Waals surface area contributed by atoms with Crippen LogP contribution >= 0.6 is 12.6 Å². The average molecular weight is 214 g/mol. The van der Waals surface area contributed by atoms with Crippen molar-refractivity contribution in [2.45, 2.75) is 19.4 Å². The predicted molar refractivity (Wildman–Crippen MR) is 66.1 cm³/mol. The molecule has 0 bridgehead atoms. The molecule has 0 radical (unpaired) electrons. The lowest BCUT2D eigenvalue weighted by molar-refractivity contribution is 0.0452. The van der Waals surface area contributed by atoms with Crippen LogP contribution in [0.2, 0.25) is 0 Å². The highest BCUT2D eigenvalue weighted by atomic mass is 32.1. The third-order valence-electron chi connectivity index (χ3n) is 3.07. The standard InChI is InChI=1S/C11H22N2S/c1-10(8-14)7-13-6-5-12(4)11(2,3)9-13/h14H,1,5-9H2,2-4H3. The van der Waals surface area contributed by atoms with Gasteiger partial charge in [0, 0.05) is 37.5 Å². The number of nitrogens with zero attached hydrogens (tertiary/aromatic N) is 2. The Bertz CT molecular complexity index is 213. The van der Waals surface area contributed by atoms with Gasteiger partial charge in [0.15, 0.2) is 0 Å². The van der Waals surface area contributed by atoms with Crippen LogP contribution in [0.15, 0.2) is 12.2 Å². The lowest BCUT2D eigenvalue weighted by Gasteiger charge is -2.45. The number of hydrogen-bond donors (Lipinski definition) is 1. The molecule has 0 aromatic heterocycles. The molecule has 0 amide bonds. The highest BCUT2D eigenvalue weighted by Crippen LogP contribution is 2.19. The summed E-state index contributed by atoms with van der Waals surface area (Å²) in [5, 5.41) is 0. The second-order valence-electron chi connectivity index (χ2n) is 4.85. The lowest BCUT2D eigenvalue weighted by Crippen LogP contribution is -2.57. The zero-order valence-corrected chi connectivity index (χ0v) is 10.5. The average Bonchev–Trinajstić information content (AvgIpc) is 2.11. The van der Waals surface area contributed by atoms with Crippen molar-refractivity contribution >= 4 is 12.6 Å². The minimum absolute atomic E-state index is 0.287. The van der Waals surface area contributed by atoms with Gasteiger partial charge in [0.2, 0.25) is 0 Å². The van der Waals surface area contributed by atoms with Gasteiger partial charge in [0.05, 0.1) is 0 Å². The summed E-state index contributed by atoms with van der Waals surface area (Å²) in [4.78, 5) is 4.89. The molecule has 0 aliphatic carbocycles. The Kier molecular flexibility index (Phi) is 4.04. The molecule has 1 aliphatic heterocycles. The first-order valence-electron chi connectivity index (χ1n) is 5.17. The molecule has 1 saturated heterocycles. The number of thiol groups is 1. The molecule has 1 aliphatic rings. The van der Waals surface area contributed by atoms with Crippen LogP contribution in [0.5, 0.6) is 0 Å². The SMILES string of the molecule is C=C(CS)CN1CCN(C)C(C)(C)C1. The monoisotopic (exact) mass is 214 g/mol. The molecule has 1 fully saturated rings. The molecule has 14 heavy (non-hydrogen) atoms. The van der Waals surface area contributed by atoms with Gasteiger partial charge >= 0.3 is 0 Å². The Hall–Kier alpha value is 0.01000. The Morgan fingerprint density at radius 3 is 2.57 bits per heavy atom. The molecule has 0 aromatic rings. The van der Waals surface area contributed by atoms with E-state index in [-0.39, 0.29) is 5.54 Å². The molecular weight excluding hydrogens is 192 g/mol. The maximum absolute atomic E-state index is 4.24. The maximum Gasteiger partial charge on any atom is 0.0277 e. The van der Waals surface area contributed by atoms with Crippen LogP contribution < -0.4 is 0 Å². The van der Waals surface area contributed by atoms with E-state index in [2.05, 4.69) is 49.9 Å². The normalized spacial score (nSPS) is 23.7. The minimum atomic E-state index is 0.287. The van der Waals surface area contributed by atoms with Gasteiger partial charge in [-0.15, -0.1) is 0 Å². The van der Waals surface area contributed by atoms with Crippen molar-refractivity contribution in [1.82, 2.24) is 9.80 Å². The Labute approximate surface area is 93.4 Å². The number of piperazine rings is 1. The first-order valence-corrected chi connectivity index (χ1v) is 5.80. The van der Waals surface area contributed by atoms with Crippen molar-refractivity contribution in [1.29, 1.82) is 0 Å². The third kappa shape index (κ3) is 3.01. The van der Waals surface area contributed by atoms with E-state index in [1.165, 1.54) is 5.57 Å². The molecular formula is C11H22N2S. The quantitative estimate of drug-likeness (QED) is 0.562. The van der Waals surface area contributed by atoms with Crippen LogP contribution in [-0.4, -0.2) is 54.3 Å². The summed E-state index contributed by atoms with van der Waals surface area (Å²) in [5.74, 6) is 0.798. The summed E-state index contributed by atoms with van der Waals surface area (Å²) in [6.07, 6.45) is 0. The summed E-state index contributed by atoms with van der Waals surface area (Å²) >= 11 is 4.24. The summed E-state index contributed by atoms with van der Waals surface area (Å²) in [6.45, 7) is 13.0. The van der Waals surface area contributed by atoms with E-state index in [0.29, 0.717) is 0 Å². The van der Waals surface area contributed by atoms with Gasteiger partial charge in [-0.2, -0.15) is 12.6 Å². The Morgan fingerprint density at radius 2 is 2.07 bits per heavy atom. The zero-order valence-electron chi connectivity index (χ0n) is 9.58. The van der Waals surface area contributed by atoms with Gasteiger partial charge in [-0.3, -0.25) is 9.80 Å². The van der Waals surface area contributed by atoms with E-state index in [4.69, 9.17) is 0 Å². The fraction of sp³-hybridized carbons (Fsp3) is 0.818. The highest BCUT2D eigenvalue weighted by Gasteiger charge is 2.30. The molecule has 0 saturated carbocycles. The van der Waals surface area contributed by atoms with Gasteiger partial charge in [-0.25, -0.2) is 0 Å². The summed E-state index contributed by atoms with van der Waals surface area (Å²) in [6, 6.07) is 0. The highest BCUT2D eigenvalue weighted by molar-refractivity contribution is 7.80. The second kappa shape index (κ2) is 4.69. The van der Waals surface area contributed by atoms with Gasteiger partial charge < -0.3 is 0 Å². The van der Waals surface area contributed by atoms with Gasteiger partial charge in [0.25, 0.3) is 0 Å². The van der Waals surface area contributed by atoms with E-state index in [1.54, 1.807) is 0 Å². The van der Waals surface area contributed by atoms with E-state index in [1.807, 2.05) is 0 Å². The molecule has 0 N–H and O–H groups in total. The molecule has 1 heterocycles. The van der Waals surface area contributed by atoms with Crippen molar-refractivity contribution in [3.8, 4) is 0 Å². The molecule has 1 rings (SSSR count). The van der Waals surface area contributed by atoms with Gasteiger partial charge in [0.1, 0.15) is 0 Å². The third-order valence-corrected chi connectivity index (χ3v) is 3.51. The summed E-state index contributed by atoms with van der Waals surface area (Å²) < 4.78 is 0. The molecule has 82 valence electrons. The van der Waals surface area contributed by atoms with Crippen molar-refractivity contribution in [3.63, 3.8) is 0 Å². The van der Waals surface area contributed by atoms with Crippen LogP contribution in [0.3, 0.4) is 0 Å². The van der Waals surface area contributed by atoms with E-state index in [9.17, 15) is 0 Å². The summed E-state index contributed by atoms with van der Waals surface area (Å²) in [7, 11) is 2.20. The van der Waals surface area contributed by atoms with Crippen LogP contribution in [0.1, 0.15) is 13.8 Å². The van der Waals surface area contributed by atoms with Crippen LogP contribution in [-0.2, 0) is 0 Å². The van der Waals surface area contributed by atoms with Gasteiger partial charge in [-0.1, -0.05) is 12.2 Å². The van der Waals surface area contributed by atoms with Crippen LogP contribution in [0.4, 0.5) is 0 Å². The number of rotatable bonds is 3. The van der Waals surface area contributed by atoms with Crippen LogP contribution in [0.25, 0.3) is 0 Å². The molecule has 2 nitrogen and oxygen atoms in total. The maximum atomic E-state index is 4.24. The second-order valence-corrected chi connectivity index (χ2v) is 5.17. The number of likely N-dealkylation sites (N-methyl/N-ethyl adjacent to an activating group) is 1.